The molecule has 3 heterocycles. The van der Waals surface area contributed by atoms with E-state index in [4.69, 9.17) is 4.42 Å². The largest absolute Gasteiger partial charge is 0.444 e. The van der Waals surface area contributed by atoms with Crippen LogP contribution in [-0.4, -0.2) is 40.5 Å². The van der Waals surface area contributed by atoms with Crippen LogP contribution in [0.4, 0.5) is 4.79 Å². The first-order valence-electron chi connectivity index (χ1n) is 7.81. The molecular formula is C15H22N4O3. The number of aromatic nitrogens is 1. The van der Waals surface area contributed by atoms with Gasteiger partial charge in [-0.1, -0.05) is 6.92 Å². The molecule has 0 radical (unpaired) electrons. The summed E-state index contributed by atoms with van der Waals surface area (Å²) in [5.74, 6) is 1.46. The van der Waals surface area contributed by atoms with Gasteiger partial charge < -0.3 is 9.73 Å². The first-order valence-corrected chi connectivity index (χ1v) is 7.81. The molecular weight excluding hydrogens is 284 g/mol. The lowest BCUT2D eigenvalue weighted by molar-refractivity contribution is -0.126. The highest BCUT2D eigenvalue weighted by Crippen LogP contribution is 2.30. The Balaban J connectivity index is 1.66. The molecule has 22 heavy (non-hydrogen) atoms. The van der Waals surface area contributed by atoms with Crippen LogP contribution in [0.25, 0.3) is 0 Å². The Bertz CT molecular complexity index is 585. The fraction of sp³-hybridized carbons (Fsp3) is 0.667. The number of oxazole rings is 1. The average Bonchev–Trinajstić information content (AvgIpc) is 3.04. The Kier molecular flexibility index (Phi) is 3.90. The minimum absolute atomic E-state index is 0.0910. The fourth-order valence-corrected chi connectivity index (χ4v) is 3.29. The van der Waals surface area contributed by atoms with Crippen LogP contribution in [0.2, 0.25) is 0 Å². The quantitative estimate of drug-likeness (QED) is 0.812. The highest BCUT2D eigenvalue weighted by molar-refractivity contribution is 6.06. The second-order valence-electron chi connectivity index (χ2n) is 6.26. The van der Waals surface area contributed by atoms with Crippen LogP contribution < -0.4 is 10.6 Å². The van der Waals surface area contributed by atoms with Gasteiger partial charge in [-0.2, -0.15) is 0 Å². The van der Waals surface area contributed by atoms with Gasteiger partial charge in [0.05, 0.1) is 12.7 Å². The first-order chi connectivity index (χ1) is 10.5. The van der Waals surface area contributed by atoms with Crippen molar-refractivity contribution < 1.29 is 14.0 Å². The lowest BCUT2D eigenvalue weighted by atomic mass is 9.80. The summed E-state index contributed by atoms with van der Waals surface area (Å²) in [6, 6.07) is -0.398. The fourth-order valence-electron chi connectivity index (χ4n) is 3.29. The zero-order chi connectivity index (χ0) is 15.7. The number of hydrogen-bond acceptors (Lipinski definition) is 5. The number of carbonyl (C=O) groups is 2. The number of piperidine rings is 1. The highest BCUT2D eigenvalue weighted by Gasteiger charge is 2.48. The van der Waals surface area contributed by atoms with Gasteiger partial charge in [0.25, 0.3) is 5.91 Å². The molecule has 0 spiro atoms. The van der Waals surface area contributed by atoms with Gasteiger partial charge in [0, 0.05) is 18.9 Å². The predicted octanol–water partition coefficient (Wildman–Crippen LogP) is 1.05. The second-order valence-corrected chi connectivity index (χ2v) is 6.26. The van der Waals surface area contributed by atoms with Crippen molar-refractivity contribution in [2.75, 3.05) is 13.1 Å². The third kappa shape index (κ3) is 2.72. The number of aryl methyl sites for hydroxylation is 1. The number of likely N-dealkylation sites (tertiary alicyclic amines) is 1. The van der Waals surface area contributed by atoms with E-state index in [2.05, 4.69) is 20.5 Å². The van der Waals surface area contributed by atoms with Crippen LogP contribution in [0.5, 0.6) is 0 Å². The van der Waals surface area contributed by atoms with Gasteiger partial charge in [-0.05, 0) is 26.3 Å². The van der Waals surface area contributed by atoms with Crippen molar-refractivity contribution >= 4 is 11.9 Å². The van der Waals surface area contributed by atoms with Crippen molar-refractivity contribution in [1.82, 2.24) is 20.5 Å². The molecule has 0 aromatic carbocycles. The standard InChI is InChI=1S/C15H22N4O3/c1-3-11-7-16-12(22-11)9-19-6-4-5-10(8-19)15(2)13(20)17-14(21)18-15/h7,10H,3-6,8-9H2,1-2H3,(H2,17,18,20,21). The van der Waals surface area contributed by atoms with Crippen molar-refractivity contribution in [3.63, 3.8) is 0 Å². The molecule has 1 aromatic heterocycles. The summed E-state index contributed by atoms with van der Waals surface area (Å²) in [7, 11) is 0. The molecule has 0 saturated carbocycles. The maximum Gasteiger partial charge on any atom is 0.322 e. The second kappa shape index (κ2) is 5.72. The van der Waals surface area contributed by atoms with E-state index in [1.165, 1.54) is 0 Å². The molecule has 3 amide bonds. The molecule has 2 atom stereocenters. The lowest BCUT2D eigenvalue weighted by Crippen LogP contribution is -2.55. The predicted molar refractivity (Wildman–Crippen MR) is 79.0 cm³/mol. The minimum atomic E-state index is -0.819. The summed E-state index contributed by atoms with van der Waals surface area (Å²) in [5.41, 5.74) is -0.819. The molecule has 7 heteroatoms. The normalized spacial score (nSPS) is 29.5. The molecule has 0 aliphatic carbocycles. The van der Waals surface area contributed by atoms with E-state index in [0.29, 0.717) is 12.4 Å². The molecule has 2 N–H and O–H groups in total. The molecule has 2 aliphatic rings. The minimum Gasteiger partial charge on any atom is -0.444 e. The Morgan fingerprint density at radius 2 is 2.32 bits per heavy atom. The highest BCUT2D eigenvalue weighted by atomic mass is 16.4. The Labute approximate surface area is 129 Å². The molecule has 7 nitrogen and oxygen atoms in total. The molecule has 0 bridgehead atoms. The number of carbonyl (C=O) groups excluding carboxylic acids is 2. The van der Waals surface area contributed by atoms with Crippen LogP contribution in [-0.2, 0) is 17.8 Å². The number of nitrogens with one attached hydrogen (secondary N) is 2. The van der Waals surface area contributed by atoms with Crippen molar-refractivity contribution in [1.29, 1.82) is 0 Å². The number of nitrogens with zero attached hydrogens (tertiary/aromatic N) is 2. The lowest BCUT2D eigenvalue weighted by Gasteiger charge is -2.39. The monoisotopic (exact) mass is 306 g/mol. The number of urea groups is 1. The van der Waals surface area contributed by atoms with Crippen LogP contribution in [0.3, 0.4) is 0 Å². The van der Waals surface area contributed by atoms with E-state index in [9.17, 15) is 9.59 Å². The van der Waals surface area contributed by atoms with Gasteiger partial charge in [-0.3, -0.25) is 15.0 Å². The van der Waals surface area contributed by atoms with Crippen molar-refractivity contribution in [2.45, 2.75) is 45.2 Å². The van der Waals surface area contributed by atoms with E-state index in [1.54, 1.807) is 6.20 Å². The summed E-state index contributed by atoms with van der Waals surface area (Å²) >= 11 is 0. The number of rotatable bonds is 4. The number of amides is 3. The number of imide groups is 1. The van der Waals surface area contributed by atoms with Gasteiger partial charge in [-0.25, -0.2) is 9.78 Å². The molecule has 120 valence electrons. The first kappa shape index (κ1) is 15.0. The zero-order valence-electron chi connectivity index (χ0n) is 13.0. The molecule has 2 unspecified atom stereocenters. The van der Waals surface area contributed by atoms with E-state index < -0.39 is 11.6 Å². The van der Waals surface area contributed by atoms with Gasteiger partial charge in [0.2, 0.25) is 5.89 Å². The van der Waals surface area contributed by atoms with Gasteiger partial charge in [0.1, 0.15) is 11.3 Å². The zero-order valence-corrected chi connectivity index (χ0v) is 13.0. The summed E-state index contributed by atoms with van der Waals surface area (Å²) in [4.78, 5) is 30.0. The van der Waals surface area contributed by atoms with Crippen LogP contribution in [0.1, 0.15) is 38.3 Å². The van der Waals surface area contributed by atoms with E-state index >= 15 is 0 Å². The smallest absolute Gasteiger partial charge is 0.322 e. The van der Waals surface area contributed by atoms with E-state index in [1.807, 2.05) is 13.8 Å². The van der Waals surface area contributed by atoms with Crippen molar-refractivity contribution in [3.8, 4) is 0 Å². The SMILES string of the molecule is CCc1cnc(CN2CCCC(C3(C)NC(=O)NC3=O)C2)o1. The van der Waals surface area contributed by atoms with Crippen molar-refractivity contribution in [3.05, 3.63) is 17.8 Å². The van der Waals surface area contributed by atoms with E-state index in [-0.39, 0.29) is 11.8 Å². The molecule has 3 rings (SSSR count). The topological polar surface area (TPSA) is 87.5 Å². The molecule has 2 saturated heterocycles. The third-order valence-corrected chi connectivity index (χ3v) is 4.70. The van der Waals surface area contributed by atoms with Crippen molar-refractivity contribution in [2.24, 2.45) is 5.92 Å². The van der Waals surface area contributed by atoms with E-state index in [0.717, 1.165) is 38.1 Å². The van der Waals surface area contributed by atoms with Gasteiger partial charge >= 0.3 is 6.03 Å². The summed E-state index contributed by atoms with van der Waals surface area (Å²) in [6.45, 7) is 6.17. The summed E-state index contributed by atoms with van der Waals surface area (Å²) in [6.07, 6.45) is 4.51. The average molecular weight is 306 g/mol. The van der Waals surface area contributed by atoms with Crippen LogP contribution >= 0.6 is 0 Å². The molecule has 2 fully saturated rings. The molecule has 2 aliphatic heterocycles. The maximum atomic E-state index is 12.1. The molecule has 1 aromatic rings. The van der Waals surface area contributed by atoms with Gasteiger partial charge in [0.15, 0.2) is 0 Å². The Hall–Kier alpha value is -1.89. The van der Waals surface area contributed by atoms with Crippen LogP contribution in [0.15, 0.2) is 10.6 Å². The Morgan fingerprint density at radius 3 is 2.95 bits per heavy atom. The van der Waals surface area contributed by atoms with Gasteiger partial charge in [-0.15, -0.1) is 0 Å². The maximum absolute atomic E-state index is 12.1. The number of hydrogen-bond donors (Lipinski definition) is 2. The summed E-state index contributed by atoms with van der Waals surface area (Å²) in [5, 5.41) is 5.12. The van der Waals surface area contributed by atoms with Crippen LogP contribution in [0, 0.1) is 5.92 Å². The third-order valence-electron chi connectivity index (χ3n) is 4.70. The summed E-state index contributed by atoms with van der Waals surface area (Å²) < 4.78 is 5.66. The Morgan fingerprint density at radius 1 is 1.50 bits per heavy atom.